The van der Waals surface area contributed by atoms with Crippen LogP contribution in [0.4, 0.5) is 0 Å². The minimum Gasteiger partial charge on any atom is -0.387 e. The molecule has 0 radical (unpaired) electrons. The van der Waals surface area contributed by atoms with Gasteiger partial charge in [0.1, 0.15) is 20.1 Å². The first-order chi connectivity index (χ1) is 8.55. The van der Waals surface area contributed by atoms with Gasteiger partial charge in [-0.05, 0) is 30.4 Å². The molecule has 1 saturated carbocycles. The molecule has 3 fully saturated rings. The van der Waals surface area contributed by atoms with Crippen LogP contribution in [0, 0.1) is 11.3 Å². The van der Waals surface area contributed by atoms with E-state index in [-0.39, 0.29) is 6.00 Å². The van der Waals surface area contributed by atoms with Gasteiger partial charge in [-0.2, -0.15) is 0 Å². The van der Waals surface area contributed by atoms with Crippen LogP contribution in [0.1, 0.15) is 12.8 Å². The molecule has 5 atom stereocenters. The Balaban J connectivity index is 1.94. The number of ether oxygens (including phenoxy) is 4. The third kappa shape index (κ3) is 1.63. The standard InChI is InChI=1S/C11H14BClO5/c1-15-9-17-7-6(10(14)2-3-10)16-8(12)11(7,18-9)4-5-13/h6-9,14H,2-3,12H2,1H3/t6-,7?,8+,9?,11?/m0/s1. The predicted molar refractivity (Wildman–Crippen MR) is 64.5 cm³/mol. The Morgan fingerprint density at radius 1 is 1.39 bits per heavy atom. The van der Waals surface area contributed by atoms with Crippen LogP contribution in [0.2, 0.25) is 0 Å². The molecule has 18 heavy (non-hydrogen) atoms. The molecular weight excluding hydrogens is 258 g/mol. The van der Waals surface area contributed by atoms with Crippen molar-refractivity contribution >= 4 is 19.4 Å². The highest BCUT2D eigenvalue weighted by Crippen LogP contribution is 2.51. The highest BCUT2D eigenvalue weighted by atomic mass is 35.5. The maximum absolute atomic E-state index is 10.3. The Kier molecular flexibility index (Phi) is 2.90. The van der Waals surface area contributed by atoms with E-state index in [1.165, 1.54) is 7.11 Å². The molecule has 2 saturated heterocycles. The summed E-state index contributed by atoms with van der Waals surface area (Å²) in [5.41, 5.74) is -1.80. The zero-order valence-electron chi connectivity index (χ0n) is 10.2. The lowest BCUT2D eigenvalue weighted by Crippen LogP contribution is -2.47. The highest BCUT2D eigenvalue weighted by Gasteiger charge is 2.68. The van der Waals surface area contributed by atoms with Crippen LogP contribution < -0.4 is 0 Å². The Morgan fingerprint density at radius 3 is 2.67 bits per heavy atom. The van der Waals surface area contributed by atoms with Crippen molar-refractivity contribution in [1.82, 2.24) is 0 Å². The molecule has 0 bridgehead atoms. The number of aliphatic hydroxyl groups is 1. The fourth-order valence-electron chi connectivity index (χ4n) is 2.69. The van der Waals surface area contributed by atoms with Gasteiger partial charge in [-0.3, -0.25) is 0 Å². The minimum atomic E-state index is -0.967. The maximum atomic E-state index is 10.3. The average Bonchev–Trinajstić information content (AvgIpc) is 2.88. The number of hydrogen-bond donors (Lipinski definition) is 1. The van der Waals surface area contributed by atoms with Gasteiger partial charge in [0.2, 0.25) is 0 Å². The fraction of sp³-hybridized carbons (Fsp3) is 0.818. The Labute approximate surface area is 111 Å². The van der Waals surface area contributed by atoms with Crippen molar-refractivity contribution in [3.8, 4) is 11.3 Å². The molecule has 1 aliphatic carbocycles. The molecule has 0 amide bonds. The second kappa shape index (κ2) is 4.10. The van der Waals surface area contributed by atoms with Gasteiger partial charge in [0.05, 0.1) is 11.6 Å². The molecule has 1 N–H and O–H groups in total. The molecule has 2 aliphatic heterocycles. The van der Waals surface area contributed by atoms with Crippen LogP contribution in [0.15, 0.2) is 0 Å². The molecular formula is C11H14BClO5. The summed E-state index contributed by atoms with van der Waals surface area (Å²) in [7, 11) is 3.32. The lowest BCUT2D eigenvalue weighted by atomic mass is 9.80. The van der Waals surface area contributed by atoms with E-state index in [1.54, 1.807) is 0 Å². The Morgan fingerprint density at radius 2 is 2.11 bits per heavy atom. The summed E-state index contributed by atoms with van der Waals surface area (Å²) in [6.45, 7) is -0.802. The number of hydrogen-bond acceptors (Lipinski definition) is 5. The normalized spacial score (nSPS) is 48.4. The molecule has 0 spiro atoms. The van der Waals surface area contributed by atoms with Crippen LogP contribution in [0.25, 0.3) is 0 Å². The molecule has 0 aromatic carbocycles. The first kappa shape index (κ1) is 12.7. The van der Waals surface area contributed by atoms with Crippen molar-refractivity contribution in [2.45, 2.75) is 48.7 Å². The van der Waals surface area contributed by atoms with Crippen LogP contribution in [-0.2, 0) is 18.9 Å². The van der Waals surface area contributed by atoms with E-state index in [4.69, 9.17) is 30.5 Å². The Hall–Kier alpha value is -0.285. The first-order valence-electron chi connectivity index (χ1n) is 5.92. The second-order valence-electron chi connectivity index (χ2n) is 5.01. The maximum Gasteiger partial charge on any atom is 0.273 e. The molecule has 7 heteroatoms. The highest BCUT2D eigenvalue weighted by molar-refractivity contribution is 6.30. The smallest absolute Gasteiger partial charge is 0.273 e. The van der Waals surface area contributed by atoms with Crippen molar-refractivity contribution in [1.29, 1.82) is 0 Å². The minimum absolute atomic E-state index is 0.344. The van der Waals surface area contributed by atoms with Crippen molar-refractivity contribution < 1.29 is 24.1 Å². The molecule has 98 valence electrons. The van der Waals surface area contributed by atoms with Gasteiger partial charge in [-0.25, -0.2) is 0 Å². The third-order valence-corrected chi connectivity index (χ3v) is 4.02. The zero-order valence-corrected chi connectivity index (χ0v) is 10.9. The van der Waals surface area contributed by atoms with Gasteiger partial charge >= 0.3 is 0 Å². The van der Waals surface area contributed by atoms with E-state index in [1.807, 2.05) is 7.85 Å². The van der Waals surface area contributed by atoms with Crippen LogP contribution in [0.3, 0.4) is 0 Å². The zero-order chi connectivity index (χ0) is 13.0. The van der Waals surface area contributed by atoms with Crippen molar-refractivity contribution in [2.75, 3.05) is 7.11 Å². The summed E-state index contributed by atoms with van der Waals surface area (Å²) >= 11 is 5.52. The van der Waals surface area contributed by atoms with Gasteiger partial charge in [-0.15, -0.1) is 0 Å². The third-order valence-electron chi connectivity index (χ3n) is 3.93. The number of halogens is 1. The molecule has 5 nitrogen and oxygen atoms in total. The summed E-state index contributed by atoms with van der Waals surface area (Å²) in [5, 5.41) is 12.6. The summed E-state index contributed by atoms with van der Waals surface area (Å²) < 4.78 is 22.2. The van der Waals surface area contributed by atoms with E-state index >= 15 is 0 Å². The molecule has 0 aromatic heterocycles. The topological polar surface area (TPSA) is 57.2 Å². The van der Waals surface area contributed by atoms with Crippen molar-refractivity contribution in [2.24, 2.45) is 0 Å². The first-order valence-corrected chi connectivity index (χ1v) is 6.30. The van der Waals surface area contributed by atoms with Gasteiger partial charge < -0.3 is 24.1 Å². The molecule has 3 aliphatic rings. The van der Waals surface area contributed by atoms with E-state index in [0.29, 0.717) is 12.8 Å². The lowest BCUT2D eigenvalue weighted by Gasteiger charge is -2.23. The SMILES string of the molecule is B[C@@H]1O[C@H](C2(O)CC2)C2OC(OC)OC21C#CCl. The van der Waals surface area contributed by atoms with Crippen molar-refractivity contribution in [3.05, 3.63) is 0 Å². The monoisotopic (exact) mass is 272 g/mol. The summed E-state index contributed by atoms with van der Waals surface area (Å²) in [4.78, 5) is 0. The summed E-state index contributed by atoms with van der Waals surface area (Å²) in [5.74, 6) is 2.82. The molecule has 3 unspecified atom stereocenters. The van der Waals surface area contributed by atoms with Gasteiger partial charge in [0.15, 0.2) is 5.60 Å². The van der Waals surface area contributed by atoms with Crippen LogP contribution in [0.5, 0.6) is 0 Å². The van der Waals surface area contributed by atoms with Gasteiger partial charge in [0, 0.05) is 12.5 Å². The van der Waals surface area contributed by atoms with Crippen molar-refractivity contribution in [3.63, 3.8) is 0 Å². The molecule has 0 aromatic rings. The van der Waals surface area contributed by atoms with E-state index in [2.05, 4.69) is 11.3 Å². The average molecular weight is 272 g/mol. The fourth-order valence-corrected chi connectivity index (χ4v) is 2.84. The van der Waals surface area contributed by atoms with Crippen LogP contribution in [-0.4, -0.2) is 56.0 Å². The summed E-state index contributed by atoms with van der Waals surface area (Å²) in [6.07, 6.45) is 0.458. The molecule has 2 heterocycles. The lowest BCUT2D eigenvalue weighted by molar-refractivity contribution is -0.256. The number of fused-ring (bicyclic) bond motifs is 1. The van der Waals surface area contributed by atoms with Gasteiger partial charge in [0.25, 0.3) is 6.48 Å². The summed E-state index contributed by atoms with van der Waals surface area (Å²) in [6, 6.07) is -0.344. The van der Waals surface area contributed by atoms with E-state index in [9.17, 15) is 5.11 Å². The van der Waals surface area contributed by atoms with Crippen LogP contribution >= 0.6 is 11.6 Å². The van der Waals surface area contributed by atoms with E-state index in [0.717, 1.165) is 0 Å². The second-order valence-corrected chi connectivity index (χ2v) is 5.20. The van der Waals surface area contributed by atoms with E-state index < -0.39 is 29.9 Å². The number of rotatable bonds is 2. The Bertz CT molecular complexity index is 417. The van der Waals surface area contributed by atoms with Gasteiger partial charge in [-0.1, -0.05) is 0 Å². The predicted octanol–water partition coefficient (Wildman–Crippen LogP) is -0.847. The number of methoxy groups -OCH3 is 1. The molecule has 3 rings (SSSR count). The largest absolute Gasteiger partial charge is 0.387 e. The quantitative estimate of drug-likeness (QED) is 0.524.